The fourth-order valence-electron chi connectivity index (χ4n) is 1.15. The molecule has 12 heavy (non-hydrogen) atoms. The summed E-state index contributed by atoms with van der Waals surface area (Å²) in [6, 6.07) is 5.08. The zero-order valence-electron chi connectivity index (χ0n) is 6.60. The van der Waals surface area contributed by atoms with Crippen LogP contribution in [0.1, 0.15) is 12.8 Å². The SMILES string of the molecule is O=CN(c1[c]ccnc1)C1CC1. The number of hydrogen-bond acceptors (Lipinski definition) is 2. The van der Waals surface area contributed by atoms with Crippen LogP contribution in [-0.4, -0.2) is 17.4 Å². The average Bonchev–Trinajstić information content (AvgIpc) is 2.92. The lowest BCUT2D eigenvalue weighted by molar-refractivity contribution is -0.107. The Morgan fingerprint density at radius 3 is 3.00 bits per heavy atom. The first kappa shape index (κ1) is 7.28. The summed E-state index contributed by atoms with van der Waals surface area (Å²) < 4.78 is 0. The summed E-state index contributed by atoms with van der Waals surface area (Å²) in [5, 5.41) is 0. The average molecular weight is 161 g/mol. The Balaban J connectivity index is 2.21. The molecular weight excluding hydrogens is 152 g/mol. The molecule has 1 aromatic heterocycles. The van der Waals surface area contributed by atoms with E-state index in [4.69, 9.17) is 0 Å². The van der Waals surface area contributed by atoms with Crippen LogP contribution in [0.25, 0.3) is 0 Å². The Kier molecular flexibility index (Phi) is 1.78. The second kappa shape index (κ2) is 2.93. The molecule has 1 saturated carbocycles. The maximum atomic E-state index is 10.7. The fourth-order valence-corrected chi connectivity index (χ4v) is 1.15. The molecule has 2 rings (SSSR count). The fraction of sp³-hybridized carbons (Fsp3) is 0.333. The zero-order chi connectivity index (χ0) is 8.39. The minimum absolute atomic E-state index is 0.392. The molecule has 1 radical (unpaired) electrons. The smallest absolute Gasteiger partial charge is 0.214 e. The van der Waals surface area contributed by atoms with Crippen molar-refractivity contribution in [1.82, 2.24) is 4.98 Å². The number of pyridine rings is 1. The number of anilines is 1. The first-order valence-electron chi connectivity index (χ1n) is 3.97. The lowest BCUT2D eigenvalue weighted by atomic mass is 10.4. The minimum Gasteiger partial charge on any atom is -0.310 e. The van der Waals surface area contributed by atoms with Crippen molar-refractivity contribution in [2.75, 3.05) is 4.90 Å². The van der Waals surface area contributed by atoms with Gasteiger partial charge in [-0.25, -0.2) is 0 Å². The maximum absolute atomic E-state index is 10.7. The number of carbonyl (C=O) groups is 1. The molecule has 0 N–H and O–H groups in total. The van der Waals surface area contributed by atoms with E-state index in [-0.39, 0.29) is 0 Å². The predicted octanol–water partition coefficient (Wildman–Crippen LogP) is 1.01. The molecule has 0 atom stereocenters. The molecule has 1 aliphatic carbocycles. The van der Waals surface area contributed by atoms with E-state index >= 15 is 0 Å². The van der Waals surface area contributed by atoms with E-state index in [0.29, 0.717) is 6.04 Å². The molecule has 0 aromatic carbocycles. The second-order valence-corrected chi connectivity index (χ2v) is 2.87. The Morgan fingerprint density at radius 1 is 1.67 bits per heavy atom. The van der Waals surface area contributed by atoms with Crippen molar-refractivity contribution in [3.05, 3.63) is 24.5 Å². The van der Waals surface area contributed by atoms with Crippen LogP contribution in [0.3, 0.4) is 0 Å². The third-order valence-electron chi connectivity index (χ3n) is 1.92. The number of aromatic nitrogens is 1. The van der Waals surface area contributed by atoms with Gasteiger partial charge in [0.25, 0.3) is 0 Å². The molecule has 0 bridgehead atoms. The van der Waals surface area contributed by atoms with Gasteiger partial charge in [0.05, 0.1) is 11.9 Å². The lowest BCUT2D eigenvalue weighted by Gasteiger charge is -2.14. The van der Waals surface area contributed by atoms with Gasteiger partial charge in [0, 0.05) is 18.3 Å². The van der Waals surface area contributed by atoms with Crippen LogP contribution < -0.4 is 4.90 Å². The van der Waals surface area contributed by atoms with E-state index in [2.05, 4.69) is 11.1 Å². The van der Waals surface area contributed by atoms with Crippen molar-refractivity contribution in [2.24, 2.45) is 0 Å². The van der Waals surface area contributed by atoms with E-state index < -0.39 is 0 Å². The summed E-state index contributed by atoms with van der Waals surface area (Å²) in [6.45, 7) is 0. The molecule has 1 fully saturated rings. The highest BCUT2D eigenvalue weighted by Crippen LogP contribution is 2.29. The largest absolute Gasteiger partial charge is 0.310 e. The summed E-state index contributed by atoms with van der Waals surface area (Å²) in [6.07, 6.45) is 6.36. The summed E-state index contributed by atoms with van der Waals surface area (Å²) in [4.78, 5) is 16.3. The number of nitrogens with zero attached hydrogens (tertiary/aromatic N) is 2. The van der Waals surface area contributed by atoms with E-state index in [1.165, 1.54) is 0 Å². The summed E-state index contributed by atoms with van der Waals surface area (Å²) in [7, 11) is 0. The normalized spacial score (nSPS) is 15.7. The van der Waals surface area contributed by atoms with E-state index in [0.717, 1.165) is 24.9 Å². The van der Waals surface area contributed by atoms with Gasteiger partial charge < -0.3 is 4.90 Å². The molecule has 0 saturated heterocycles. The quantitative estimate of drug-likeness (QED) is 0.620. The van der Waals surface area contributed by atoms with Gasteiger partial charge in [0.15, 0.2) is 0 Å². The van der Waals surface area contributed by atoms with Crippen LogP contribution in [0.5, 0.6) is 0 Å². The minimum atomic E-state index is 0.392. The molecule has 0 unspecified atom stereocenters. The Hall–Kier alpha value is -1.38. The van der Waals surface area contributed by atoms with Crippen molar-refractivity contribution in [3.8, 4) is 0 Å². The first-order valence-corrected chi connectivity index (χ1v) is 3.97. The van der Waals surface area contributed by atoms with Crippen LogP contribution in [0.15, 0.2) is 18.5 Å². The number of amides is 1. The molecule has 3 nitrogen and oxygen atoms in total. The second-order valence-electron chi connectivity index (χ2n) is 2.87. The van der Waals surface area contributed by atoms with Gasteiger partial charge in [-0.3, -0.25) is 9.78 Å². The molecule has 0 aliphatic heterocycles. The van der Waals surface area contributed by atoms with Crippen LogP contribution in [0.2, 0.25) is 0 Å². The number of rotatable bonds is 3. The van der Waals surface area contributed by atoms with Crippen molar-refractivity contribution < 1.29 is 4.79 Å². The Labute approximate surface area is 71.0 Å². The third-order valence-corrected chi connectivity index (χ3v) is 1.92. The maximum Gasteiger partial charge on any atom is 0.214 e. The Bertz CT molecular complexity index is 269. The van der Waals surface area contributed by atoms with E-state index in [1.54, 1.807) is 23.4 Å². The highest BCUT2D eigenvalue weighted by Gasteiger charge is 2.29. The van der Waals surface area contributed by atoms with Crippen molar-refractivity contribution >= 4 is 12.1 Å². The van der Waals surface area contributed by atoms with Crippen LogP contribution in [0.4, 0.5) is 5.69 Å². The van der Waals surface area contributed by atoms with Crippen LogP contribution in [-0.2, 0) is 4.79 Å². The van der Waals surface area contributed by atoms with Crippen molar-refractivity contribution in [1.29, 1.82) is 0 Å². The molecule has 1 amide bonds. The van der Waals surface area contributed by atoms with Crippen molar-refractivity contribution in [3.63, 3.8) is 0 Å². The topological polar surface area (TPSA) is 33.2 Å². The first-order chi connectivity index (χ1) is 5.92. The molecule has 1 aromatic rings. The molecule has 61 valence electrons. The number of hydrogen-bond donors (Lipinski definition) is 0. The van der Waals surface area contributed by atoms with Gasteiger partial charge >= 0.3 is 0 Å². The van der Waals surface area contributed by atoms with E-state index in [9.17, 15) is 4.79 Å². The predicted molar refractivity (Wildman–Crippen MR) is 44.6 cm³/mol. The van der Waals surface area contributed by atoms with Gasteiger partial charge in [-0.15, -0.1) is 0 Å². The number of carbonyl (C=O) groups excluding carboxylic acids is 1. The molecule has 3 heteroatoms. The van der Waals surface area contributed by atoms with Crippen LogP contribution in [0, 0.1) is 6.07 Å². The molecule has 1 aliphatic rings. The van der Waals surface area contributed by atoms with E-state index in [1.807, 2.05) is 0 Å². The van der Waals surface area contributed by atoms with Crippen molar-refractivity contribution in [2.45, 2.75) is 18.9 Å². The summed E-state index contributed by atoms with van der Waals surface area (Å²) in [5.74, 6) is 0. The summed E-state index contributed by atoms with van der Waals surface area (Å²) >= 11 is 0. The molecule has 0 spiro atoms. The van der Waals surface area contributed by atoms with Gasteiger partial charge in [-0.2, -0.15) is 0 Å². The monoisotopic (exact) mass is 161 g/mol. The van der Waals surface area contributed by atoms with Crippen LogP contribution >= 0.6 is 0 Å². The molecule has 1 heterocycles. The third kappa shape index (κ3) is 1.30. The highest BCUT2D eigenvalue weighted by atomic mass is 16.1. The highest BCUT2D eigenvalue weighted by molar-refractivity contribution is 5.75. The van der Waals surface area contributed by atoms with Gasteiger partial charge in [-0.1, -0.05) is 0 Å². The standard InChI is InChI=1S/C9H9N2O/c12-7-11(8-3-4-8)9-2-1-5-10-6-9/h1,5-8H,3-4H2. The van der Waals surface area contributed by atoms with Gasteiger partial charge in [0.1, 0.15) is 0 Å². The van der Waals surface area contributed by atoms with Gasteiger partial charge in [0.2, 0.25) is 6.41 Å². The summed E-state index contributed by atoms with van der Waals surface area (Å²) in [5.41, 5.74) is 0.773. The lowest BCUT2D eigenvalue weighted by Crippen LogP contribution is -2.23. The zero-order valence-corrected chi connectivity index (χ0v) is 6.60. The van der Waals surface area contributed by atoms with Gasteiger partial charge in [-0.05, 0) is 18.9 Å². The molecular formula is C9H9N2O. The Morgan fingerprint density at radius 2 is 2.50 bits per heavy atom.